The van der Waals surface area contributed by atoms with Gasteiger partial charge in [0.25, 0.3) is 0 Å². The zero-order chi connectivity index (χ0) is 19.6. The fourth-order valence-corrected chi connectivity index (χ4v) is 3.56. The van der Waals surface area contributed by atoms with Gasteiger partial charge < -0.3 is 19.3 Å². The van der Waals surface area contributed by atoms with Gasteiger partial charge in [0.15, 0.2) is 5.79 Å². The molecule has 3 rings (SSSR count). The van der Waals surface area contributed by atoms with Gasteiger partial charge in [-0.15, -0.1) is 0 Å². The van der Waals surface area contributed by atoms with Crippen LogP contribution in [0.2, 0.25) is 0 Å². The molecule has 0 amide bonds. The van der Waals surface area contributed by atoms with Gasteiger partial charge in [-0.2, -0.15) is 0 Å². The van der Waals surface area contributed by atoms with E-state index >= 15 is 0 Å². The van der Waals surface area contributed by atoms with Crippen LogP contribution < -0.4 is 0 Å². The maximum absolute atomic E-state index is 14.6. The largest absolute Gasteiger partial charge is 0.500 e. The van der Waals surface area contributed by atoms with Crippen molar-refractivity contribution in [3.63, 3.8) is 0 Å². The van der Waals surface area contributed by atoms with E-state index in [1.165, 1.54) is 0 Å². The number of benzene rings is 1. The maximum atomic E-state index is 14.6. The van der Waals surface area contributed by atoms with Crippen LogP contribution in [-0.2, 0) is 19.0 Å². The van der Waals surface area contributed by atoms with Crippen molar-refractivity contribution in [2.75, 3.05) is 19.8 Å². The number of hydrogen-bond donors (Lipinski definition) is 1. The van der Waals surface area contributed by atoms with Gasteiger partial charge in [-0.3, -0.25) is 4.79 Å². The Morgan fingerprint density at radius 1 is 1.30 bits per heavy atom. The molecule has 1 N–H and O–H groups in total. The summed E-state index contributed by atoms with van der Waals surface area (Å²) in [6, 6.07) is 1.71. The van der Waals surface area contributed by atoms with Gasteiger partial charge in [0.2, 0.25) is 5.78 Å². The number of carboxylic acid groups (broad SMARTS) is 1. The average molecular weight is 382 g/mol. The Morgan fingerprint density at radius 3 is 2.63 bits per heavy atom. The van der Waals surface area contributed by atoms with Crippen LogP contribution in [-0.4, -0.2) is 42.5 Å². The highest BCUT2D eigenvalue weighted by molar-refractivity contribution is 6.23. The Kier molecular flexibility index (Phi) is 5.57. The second kappa shape index (κ2) is 7.74. The van der Waals surface area contributed by atoms with Crippen molar-refractivity contribution in [3.05, 3.63) is 46.7 Å². The second-order valence-electron chi connectivity index (χ2n) is 6.52. The normalized spacial score (nSPS) is 21.6. The van der Waals surface area contributed by atoms with Gasteiger partial charge in [0.05, 0.1) is 25.4 Å². The second-order valence-corrected chi connectivity index (χ2v) is 6.52. The topological polar surface area (TPSA) is 82.1 Å². The summed E-state index contributed by atoms with van der Waals surface area (Å²) in [5.74, 6) is -5.51. The Morgan fingerprint density at radius 2 is 2.00 bits per heavy atom. The first kappa shape index (κ1) is 19.4. The van der Waals surface area contributed by atoms with E-state index < -0.39 is 40.3 Å². The molecular formula is C19H20F2O6. The lowest BCUT2D eigenvalue weighted by Crippen LogP contribution is -2.25. The van der Waals surface area contributed by atoms with Crippen LogP contribution in [0.4, 0.5) is 8.78 Å². The summed E-state index contributed by atoms with van der Waals surface area (Å²) in [5.41, 5.74) is -1.29. The smallest absolute Gasteiger partial charge is 0.342 e. The molecule has 1 saturated heterocycles. The number of ketones is 1. The molecule has 2 aliphatic rings. The van der Waals surface area contributed by atoms with E-state index in [-0.39, 0.29) is 18.1 Å². The number of aliphatic carboxylic acids is 1. The van der Waals surface area contributed by atoms with Gasteiger partial charge in [0, 0.05) is 12.8 Å². The van der Waals surface area contributed by atoms with Crippen molar-refractivity contribution < 1.29 is 37.7 Å². The van der Waals surface area contributed by atoms with E-state index in [0.29, 0.717) is 32.5 Å². The molecule has 1 unspecified atom stereocenters. The predicted molar refractivity (Wildman–Crippen MR) is 89.3 cm³/mol. The summed E-state index contributed by atoms with van der Waals surface area (Å²) >= 11 is 0. The molecule has 2 fully saturated rings. The molecule has 1 aliphatic carbocycles. The fourth-order valence-electron chi connectivity index (χ4n) is 3.56. The molecule has 8 heteroatoms. The molecule has 0 bridgehead atoms. The molecule has 1 aliphatic heterocycles. The van der Waals surface area contributed by atoms with Crippen molar-refractivity contribution in [2.45, 2.75) is 37.9 Å². The molecule has 1 heterocycles. The van der Waals surface area contributed by atoms with Crippen molar-refractivity contribution in [1.29, 1.82) is 0 Å². The minimum Gasteiger partial charge on any atom is -0.500 e. The van der Waals surface area contributed by atoms with Crippen LogP contribution >= 0.6 is 0 Å². The summed E-state index contributed by atoms with van der Waals surface area (Å²) in [4.78, 5) is 23.5. The zero-order valence-corrected chi connectivity index (χ0v) is 14.8. The van der Waals surface area contributed by atoms with Crippen LogP contribution in [0.1, 0.15) is 48.0 Å². The summed E-state index contributed by atoms with van der Waals surface area (Å²) < 4.78 is 45.2. The van der Waals surface area contributed by atoms with E-state index in [1.807, 2.05) is 0 Å². The number of carbonyl (C=O) groups is 2. The lowest BCUT2D eigenvalue weighted by Gasteiger charge is -2.21. The third-order valence-electron chi connectivity index (χ3n) is 4.86. The van der Waals surface area contributed by atoms with E-state index in [0.717, 1.165) is 18.4 Å². The molecule has 6 nitrogen and oxygen atoms in total. The van der Waals surface area contributed by atoms with Gasteiger partial charge in [0.1, 0.15) is 23.5 Å². The minimum atomic E-state index is -1.58. The summed E-state index contributed by atoms with van der Waals surface area (Å²) in [6.07, 6.45) is 2.29. The van der Waals surface area contributed by atoms with Crippen molar-refractivity contribution in [3.8, 4) is 0 Å². The van der Waals surface area contributed by atoms with Crippen LogP contribution in [0, 0.1) is 11.6 Å². The van der Waals surface area contributed by atoms with E-state index in [2.05, 4.69) is 0 Å². The van der Waals surface area contributed by atoms with Crippen molar-refractivity contribution in [1.82, 2.24) is 0 Å². The molecule has 146 valence electrons. The van der Waals surface area contributed by atoms with Crippen molar-refractivity contribution in [2.24, 2.45) is 0 Å². The first-order valence-electron chi connectivity index (χ1n) is 8.73. The van der Waals surface area contributed by atoms with Gasteiger partial charge in [-0.1, -0.05) is 0 Å². The van der Waals surface area contributed by atoms with Gasteiger partial charge >= 0.3 is 5.97 Å². The highest BCUT2D eigenvalue weighted by Gasteiger charge is 2.45. The van der Waals surface area contributed by atoms with E-state index in [4.69, 9.17) is 19.3 Å². The third-order valence-corrected chi connectivity index (χ3v) is 4.86. The molecule has 1 atom stereocenters. The van der Waals surface area contributed by atoms with Crippen molar-refractivity contribution >= 4 is 11.8 Å². The standard InChI is InChI=1S/C19H20F2O6/c1-2-25-10-14(18(23)24)17(22)13-8-15(20)12(7-16(13)21)11-3-4-19(9-11)26-5-6-27-19/h7-8,10-11H,2-6,9H2,1H3,(H,23,24). The lowest BCUT2D eigenvalue weighted by molar-refractivity contribution is -0.151. The molecule has 1 saturated carbocycles. The number of hydrogen-bond acceptors (Lipinski definition) is 5. The molecular weight excluding hydrogens is 362 g/mol. The number of ether oxygens (including phenoxy) is 3. The first-order valence-corrected chi connectivity index (χ1v) is 8.73. The SMILES string of the molecule is CCOC=C(C(=O)O)C(=O)c1cc(F)c(C2CCC3(C2)OCCO3)cc1F. The summed E-state index contributed by atoms with van der Waals surface area (Å²) in [5, 5.41) is 9.12. The number of Topliss-reactive ketones (excluding diaryl/α,β-unsaturated/α-hetero) is 1. The Hall–Kier alpha value is -2.32. The number of halogens is 2. The van der Waals surface area contributed by atoms with Gasteiger partial charge in [-0.05, 0) is 37.0 Å². The van der Waals surface area contributed by atoms with Gasteiger partial charge in [-0.25, -0.2) is 13.6 Å². The summed E-state index contributed by atoms with van der Waals surface area (Å²) in [7, 11) is 0. The molecule has 0 aromatic heterocycles. The third kappa shape index (κ3) is 3.86. The molecule has 0 radical (unpaired) electrons. The van der Waals surface area contributed by atoms with E-state index in [1.54, 1.807) is 6.92 Å². The molecule has 1 aromatic rings. The minimum absolute atomic E-state index is 0.130. The van der Waals surface area contributed by atoms with Crippen LogP contribution in [0.3, 0.4) is 0 Å². The predicted octanol–water partition coefficient (Wildman–Crippen LogP) is 3.16. The Balaban J connectivity index is 1.87. The fraction of sp³-hybridized carbons (Fsp3) is 0.474. The molecule has 27 heavy (non-hydrogen) atoms. The summed E-state index contributed by atoms with van der Waals surface area (Å²) in [6.45, 7) is 2.68. The lowest BCUT2D eigenvalue weighted by atomic mass is 9.93. The number of carboxylic acids is 1. The molecule has 1 aromatic carbocycles. The number of carbonyl (C=O) groups excluding carboxylic acids is 1. The maximum Gasteiger partial charge on any atom is 0.342 e. The van der Waals surface area contributed by atoms with Crippen LogP contribution in [0.15, 0.2) is 24.0 Å². The first-order chi connectivity index (χ1) is 12.9. The van der Waals surface area contributed by atoms with Crippen LogP contribution in [0.25, 0.3) is 0 Å². The zero-order valence-electron chi connectivity index (χ0n) is 14.8. The molecule has 1 spiro atoms. The van der Waals surface area contributed by atoms with Crippen LogP contribution in [0.5, 0.6) is 0 Å². The highest BCUT2D eigenvalue weighted by atomic mass is 19.1. The average Bonchev–Trinajstić information content (AvgIpc) is 3.26. The Labute approximate surface area is 154 Å². The monoisotopic (exact) mass is 382 g/mol. The van der Waals surface area contributed by atoms with E-state index in [9.17, 15) is 18.4 Å². The highest BCUT2D eigenvalue weighted by Crippen LogP contribution is 2.46. The Bertz CT molecular complexity index is 783. The quantitative estimate of drug-likeness (QED) is 0.268. The number of rotatable bonds is 6.